The van der Waals surface area contributed by atoms with Crippen molar-refractivity contribution in [3.05, 3.63) is 59.6 Å². The molecule has 0 aliphatic rings. The fourth-order valence-electron chi connectivity index (χ4n) is 2.56. The number of halogens is 4. The van der Waals surface area contributed by atoms with Crippen molar-refractivity contribution in [3.63, 3.8) is 0 Å². The summed E-state index contributed by atoms with van der Waals surface area (Å²) in [6.07, 6.45) is -4.80. The summed E-state index contributed by atoms with van der Waals surface area (Å²) < 4.78 is 41.7. The van der Waals surface area contributed by atoms with Crippen molar-refractivity contribution in [1.29, 1.82) is 0 Å². The van der Waals surface area contributed by atoms with Crippen LogP contribution < -0.4 is 15.4 Å². The predicted molar refractivity (Wildman–Crippen MR) is 109 cm³/mol. The van der Waals surface area contributed by atoms with Crippen LogP contribution in [0.4, 0.5) is 30.6 Å². The Hall–Kier alpha value is -3.04. The molecule has 0 radical (unpaired) electrons. The third-order valence-electron chi connectivity index (χ3n) is 3.84. The Morgan fingerprint density at radius 2 is 1.87 bits per heavy atom. The van der Waals surface area contributed by atoms with Crippen LogP contribution in [0, 0.1) is 0 Å². The Bertz CT molecular complexity index is 1020. The third-order valence-corrected chi connectivity index (χ3v) is 4.07. The zero-order chi connectivity index (χ0) is 21.7. The van der Waals surface area contributed by atoms with Gasteiger partial charge in [0.1, 0.15) is 11.6 Å². The molecule has 0 saturated carbocycles. The number of aromatic nitrogens is 2. The second-order valence-corrected chi connectivity index (χ2v) is 6.84. The van der Waals surface area contributed by atoms with E-state index in [-0.39, 0.29) is 24.3 Å². The van der Waals surface area contributed by atoms with Crippen LogP contribution >= 0.6 is 11.6 Å². The van der Waals surface area contributed by atoms with E-state index in [1.54, 1.807) is 43.3 Å². The number of aliphatic hydroxyl groups is 1. The average Bonchev–Trinajstić information content (AvgIpc) is 2.66. The standard InChI is InChI=1S/C20H18ClF3N4O2/c1-12(11-29)25-19-27-17(13-4-2-7-16(8-13)30-20(22,23)24)10-18(28-19)26-15-6-3-5-14(21)9-15/h2-10,12,29H,11H2,1H3,(H2,25,26,27,28)/t12-/m1/s1. The predicted octanol–water partition coefficient (Wildman–Crippen LogP) is 5.23. The van der Waals surface area contributed by atoms with Crippen LogP contribution in [-0.4, -0.2) is 34.1 Å². The van der Waals surface area contributed by atoms with E-state index < -0.39 is 6.36 Å². The summed E-state index contributed by atoms with van der Waals surface area (Å²) in [5.41, 5.74) is 1.42. The Morgan fingerprint density at radius 1 is 1.10 bits per heavy atom. The molecule has 0 aliphatic heterocycles. The molecular weight excluding hydrogens is 421 g/mol. The first-order chi connectivity index (χ1) is 14.2. The van der Waals surface area contributed by atoms with Crippen LogP contribution in [0.1, 0.15) is 6.92 Å². The maximum Gasteiger partial charge on any atom is 0.573 e. The number of aliphatic hydroxyl groups excluding tert-OH is 1. The van der Waals surface area contributed by atoms with Crippen molar-refractivity contribution in [2.75, 3.05) is 17.2 Å². The monoisotopic (exact) mass is 438 g/mol. The summed E-state index contributed by atoms with van der Waals surface area (Å²) in [6.45, 7) is 1.58. The Morgan fingerprint density at radius 3 is 2.57 bits per heavy atom. The molecule has 0 fully saturated rings. The summed E-state index contributed by atoms with van der Waals surface area (Å²) in [7, 11) is 0. The van der Waals surface area contributed by atoms with E-state index in [4.69, 9.17) is 11.6 Å². The first-order valence-corrected chi connectivity index (χ1v) is 9.25. The molecule has 0 aliphatic carbocycles. The summed E-state index contributed by atoms with van der Waals surface area (Å²) in [5.74, 6) is 0.221. The molecule has 0 saturated heterocycles. The maximum atomic E-state index is 12.6. The van der Waals surface area contributed by atoms with Gasteiger partial charge in [-0.3, -0.25) is 0 Å². The number of hydrogen-bond donors (Lipinski definition) is 3. The van der Waals surface area contributed by atoms with Crippen LogP contribution in [0.2, 0.25) is 5.02 Å². The molecule has 30 heavy (non-hydrogen) atoms. The van der Waals surface area contributed by atoms with Crippen LogP contribution in [-0.2, 0) is 0 Å². The molecule has 2 aromatic carbocycles. The van der Waals surface area contributed by atoms with Crippen molar-refractivity contribution in [3.8, 4) is 17.0 Å². The van der Waals surface area contributed by atoms with Gasteiger partial charge < -0.3 is 20.5 Å². The highest BCUT2D eigenvalue weighted by molar-refractivity contribution is 6.30. The molecule has 1 atom stereocenters. The number of anilines is 3. The number of rotatable bonds is 7. The highest BCUT2D eigenvalue weighted by atomic mass is 35.5. The van der Waals surface area contributed by atoms with E-state index in [0.717, 1.165) is 0 Å². The van der Waals surface area contributed by atoms with Gasteiger partial charge in [-0.05, 0) is 37.3 Å². The SMILES string of the molecule is C[C@H](CO)Nc1nc(Nc2cccc(Cl)c2)cc(-c2cccc(OC(F)(F)F)c2)n1. The molecule has 0 amide bonds. The number of nitrogens with zero attached hydrogens (tertiary/aromatic N) is 2. The van der Waals surface area contributed by atoms with Gasteiger partial charge in [0.25, 0.3) is 0 Å². The van der Waals surface area contributed by atoms with Gasteiger partial charge in [-0.2, -0.15) is 4.98 Å². The molecule has 0 spiro atoms. The van der Waals surface area contributed by atoms with Crippen molar-refractivity contribution in [1.82, 2.24) is 9.97 Å². The molecule has 0 bridgehead atoms. The smallest absolute Gasteiger partial charge is 0.406 e. The van der Waals surface area contributed by atoms with E-state index in [1.807, 2.05) is 0 Å². The lowest BCUT2D eigenvalue weighted by atomic mass is 10.1. The molecular formula is C20H18ClF3N4O2. The highest BCUT2D eigenvalue weighted by Crippen LogP contribution is 2.29. The summed E-state index contributed by atoms with van der Waals surface area (Å²) in [4.78, 5) is 8.71. The second kappa shape index (κ2) is 9.19. The van der Waals surface area contributed by atoms with Crippen LogP contribution in [0.25, 0.3) is 11.3 Å². The number of nitrogens with one attached hydrogen (secondary N) is 2. The van der Waals surface area contributed by atoms with Gasteiger partial charge in [-0.1, -0.05) is 29.8 Å². The molecule has 1 aromatic heterocycles. The van der Waals surface area contributed by atoms with Crippen molar-refractivity contribution < 1.29 is 23.0 Å². The average molecular weight is 439 g/mol. The minimum Gasteiger partial charge on any atom is -0.406 e. The molecule has 6 nitrogen and oxygen atoms in total. The summed E-state index contributed by atoms with van der Waals surface area (Å²) in [6, 6.07) is 13.7. The molecule has 158 valence electrons. The molecule has 0 unspecified atom stereocenters. The van der Waals surface area contributed by atoms with E-state index in [1.165, 1.54) is 18.2 Å². The minimum atomic E-state index is -4.80. The van der Waals surface area contributed by atoms with E-state index in [9.17, 15) is 18.3 Å². The lowest BCUT2D eigenvalue weighted by Gasteiger charge is -2.15. The van der Waals surface area contributed by atoms with Crippen molar-refractivity contribution >= 4 is 29.1 Å². The van der Waals surface area contributed by atoms with Gasteiger partial charge in [0.2, 0.25) is 5.95 Å². The maximum absolute atomic E-state index is 12.6. The van der Waals surface area contributed by atoms with Gasteiger partial charge in [0.15, 0.2) is 0 Å². The Kier molecular flexibility index (Phi) is 6.63. The van der Waals surface area contributed by atoms with Crippen LogP contribution in [0.3, 0.4) is 0 Å². The summed E-state index contributed by atoms with van der Waals surface area (Å²) in [5, 5.41) is 15.8. The molecule has 3 N–H and O–H groups in total. The molecule has 3 rings (SSSR count). The fraction of sp³-hybridized carbons (Fsp3) is 0.200. The van der Waals surface area contributed by atoms with E-state index in [0.29, 0.717) is 27.8 Å². The van der Waals surface area contributed by atoms with Gasteiger partial charge in [-0.15, -0.1) is 13.2 Å². The Balaban J connectivity index is 1.98. The number of alkyl halides is 3. The highest BCUT2D eigenvalue weighted by Gasteiger charge is 2.31. The second-order valence-electron chi connectivity index (χ2n) is 6.40. The number of benzene rings is 2. The first kappa shape index (κ1) is 21.7. The van der Waals surface area contributed by atoms with Crippen LogP contribution in [0.5, 0.6) is 5.75 Å². The lowest BCUT2D eigenvalue weighted by molar-refractivity contribution is -0.274. The normalized spacial score (nSPS) is 12.3. The quantitative estimate of drug-likeness (QED) is 0.468. The van der Waals surface area contributed by atoms with Gasteiger partial charge in [0.05, 0.1) is 12.3 Å². The van der Waals surface area contributed by atoms with Crippen molar-refractivity contribution in [2.24, 2.45) is 0 Å². The molecule has 3 aromatic rings. The van der Waals surface area contributed by atoms with E-state index >= 15 is 0 Å². The van der Waals surface area contributed by atoms with Gasteiger partial charge in [0, 0.05) is 28.4 Å². The van der Waals surface area contributed by atoms with Crippen LogP contribution in [0.15, 0.2) is 54.6 Å². The minimum absolute atomic E-state index is 0.153. The Labute approximate surface area is 175 Å². The first-order valence-electron chi connectivity index (χ1n) is 8.87. The van der Waals surface area contributed by atoms with Crippen molar-refractivity contribution in [2.45, 2.75) is 19.3 Å². The zero-order valence-corrected chi connectivity index (χ0v) is 16.5. The van der Waals surface area contributed by atoms with E-state index in [2.05, 4.69) is 25.3 Å². The topological polar surface area (TPSA) is 79.3 Å². The zero-order valence-electron chi connectivity index (χ0n) is 15.7. The lowest BCUT2D eigenvalue weighted by Crippen LogP contribution is -2.21. The molecule has 10 heteroatoms. The van der Waals surface area contributed by atoms with Gasteiger partial charge >= 0.3 is 6.36 Å². The molecule has 1 heterocycles. The third kappa shape index (κ3) is 6.23. The summed E-state index contributed by atoms with van der Waals surface area (Å²) >= 11 is 6.01. The largest absolute Gasteiger partial charge is 0.573 e. The number of ether oxygens (including phenoxy) is 1. The van der Waals surface area contributed by atoms with Gasteiger partial charge in [-0.25, -0.2) is 4.98 Å². The fourth-order valence-corrected chi connectivity index (χ4v) is 2.75. The number of hydrogen-bond acceptors (Lipinski definition) is 6.